The summed E-state index contributed by atoms with van der Waals surface area (Å²) in [6.45, 7) is 3.19. The zero-order chi connectivity index (χ0) is 27.0. The number of aliphatic hydroxyl groups excluding tert-OH is 1. The molecule has 3 aromatic rings. The Labute approximate surface area is 240 Å². The first-order valence-electron chi connectivity index (χ1n) is 12.8. The van der Waals surface area contributed by atoms with Crippen molar-refractivity contribution in [2.24, 2.45) is 4.99 Å². The van der Waals surface area contributed by atoms with Crippen LogP contribution in [0.5, 0.6) is 5.75 Å². The highest BCUT2D eigenvalue weighted by molar-refractivity contribution is 9.10. The second-order valence-electron chi connectivity index (χ2n) is 9.22. The Morgan fingerprint density at radius 2 is 1.79 bits per heavy atom. The van der Waals surface area contributed by atoms with Crippen molar-refractivity contribution in [2.75, 3.05) is 19.8 Å². The van der Waals surface area contributed by atoms with Crippen molar-refractivity contribution in [3.63, 3.8) is 0 Å². The summed E-state index contributed by atoms with van der Waals surface area (Å²) < 4.78 is 14.1. The molecule has 0 saturated carbocycles. The highest BCUT2D eigenvalue weighted by Crippen LogP contribution is 2.44. The number of aliphatic imine (C=N–C) groups is 1. The minimum absolute atomic E-state index is 0.0833. The van der Waals surface area contributed by atoms with Crippen molar-refractivity contribution in [1.29, 1.82) is 0 Å². The predicted octanol–water partition coefficient (Wildman–Crippen LogP) is 6.39. The molecule has 2 atom stereocenters. The first-order chi connectivity index (χ1) is 18.5. The van der Waals surface area contributed by atoms with Crippen LogP contribution in [-0.2, 0) is 16.0 Å². The first-order valence-corrected chi connectivity index (χ1v) is 14.4. The zero-order valence-corrected chi connectivity index (χ0v) is 24.5. The Kier molecular flexibility index (Phi) is 9.99. The molecule has 0 aliphatic carbocycles. The van der Waals surface area contributed by atoms with Crippen LogP contribution in [0.25, 0.3) is 0 Å². The van der Waals surface area contributed by atoms with Crippen molar-refractivity contribution in [2.45, 2.75) is 44.2 Å². The largest absolute Gasteiger partial charge is 0.494 e. The van der Waals surface area contributed by atoms with Crippen LogP contribution in [0.4, 0.5) is 0 Å². The number of amides is 1. The molecule has 0 unspecified atom stereocenters. The number of nitrogens with one attached hydrogen (secondary N) is 1. The molecule has 1 amide bonds. The van der Waals surface area contributed by atoms with E-state index < -0.39 is 11.6 Å². The molecule has 1 heterocycles. The lowest BCUT2D eigenvalue weighted by atomic mass is 9.82. The van der Waals surface area contributed by atoms with Crippen LogP contribution >= 0.6 is 31.9 Å². The molecule has 4 rings (SSSR count). The number of unbranched alkanes of at least 4 members (excludes halogenated alkanes) is 1. The van der Waals surface area contributed by atoms with E-state index in [2.05, 4.69) is 44.1 Å². The van der Waals surface area contributed by atoms with Gasteiger partial charge in [0.2, 0.25) is 5.90 Å². The number of carbonyl (C=O) groups is 1. The third-order valence-electron chi connectivity index (χ3n) is 6.42. The van der Waals surface area contributed by atoms with Crippen molar-refractivity contribution in [3.05, 3.63) is 98.4 Å². The maximum absolute atomic E-state index is 14.0. The number of halogens is 2. The Bertz CT molecular complexity index is 1250. The van der Waals surface area contributed by atoms with Gasteiger partial charge in [-0.3, -0.25) is 4.79 Å². The van der Waals surface area contributed by atoms with E-state index in [1.165, 1.54) is 0 Å². The van der Waals surface area contributed by atoms with E-state index in [1.807, 2.05) is 72.8 Å². The second-order valence-corrected chi connectivity index (χ2v) is 11.0. The van der Waals surface area contributed by atoms with E-state index in [-0.39, 0.29) is 12.5 Å². The van der Waals surface area contributed by atoms with Crippen LogP contribution in [0.1, 0.15) is 49.0 Å². The Morgan fingerprint density at radius 1 is 1.05 bits per heavy atom. The lowest BCUT2D eigenvalue weighted by Gasteiger charge is -2.31. The van der Waals surface area contributed by atoms with Crippen LogP contribution in [0.15, 0.2) is 86.7 Å². The fourth-order valence-corrected chi connectivity index (χ4v) is 5.15. The van der Waals surface area contributed by atoms with Crippen LogP contribution in [0.3, 0.4) is 0 Å². The molecule has 38 heavy (non-hydrogen) atoms. The summed E-state index contributed by atoms with van der Waals surface area (Å²) in [6.07, 6.45) is 2.16. The maximum atomic E-state index is 14.0. The van der Waals surface area contributed by atoms with E-state index in [9.17, 15) is 4.79 Å². The minimum Gasteiger partial charge on any atom is -0.494 e. The second kappa shape index (κ2) is 13.4. The molecule has 200 valence electrons. The molecule has 0 spiro atoms. The fraction of sp³-hybridized carbons (Fsp3) is 0.333. The lowest BCUT2D eigenvalue weighted by Crippen LogP contribution is -2.50. The van der Waals surface area contributed by atoms with Crippen molar-refractivity contribution in [3.8, 4) is 5.75 Å². The average molecular weight is 644 g/mol. The summed E-state index contributed by atoms with van der Waals surface area (Å²) in [7, 11) is 0. The van der Waals surface area contributed by atoms with E-state index in [0.717, 1.165) is 38.5 Å². The third kappa shape index (κ3) is 6.65. The summed E-state index contributed by atoms with van der Waals surface area (Å²) in [6, 6.07) is 23.2. The summed E-state index contributed by atoms with van der Waals surface area (Å²) in [4.78, 5) is 19.1. The van der Waals surface area contributed by atoms with Crippen LogP contribution in [-0.4, -0.2) is 42.2 Å². The first kappa shape index (κ1) is 28.3. The molecule has 8 heteroatoms. The number of benzene rings is 3. The van der Waals surface area contributed by atoms with Gasteiger partial charge in [-0.15, -0.1) is 0 Å². The molecular weight excluding hydrogens is 612 g/mol. The van der Waals surface area contributed by atoms with Crippen molar-refractivity contribution < 1.29 is 19.4 Å². The highest BCUT2D eigenvalue weighted by atomic mass is 79.9. The number of carbonyl (C=O) groups excluding carboxylic acids is 1. The van der Waals surface area contributed by atoms with Gasteiger partial charge in [0.25, 0.3) is 5.91 Å². The van der Waals surface area contributed by atoms with Crippen LogP contribution < -0.4 is 10.1 Å². The van der Waals surface area contributed by atoms with E-state index in [4.69, 9.17) is 19.6 Å². The van der Waals surface area contributed by atoms with Gasteiger partial charge in [-0.1, -0.05) is 75.5 Å². The number of hydrogen-bond donors (Lipinski definition) is 2. The average Bonchev–Trinajstić information content (AvgIpc) is 3.31. The normalized spacial score (nSPS) is 18.5. The molecule has 1 aliphatic rings. The SMILES string of the molecule is CCCCNC(=O)[C@]1(Cc2ccc(Br)cc2)N=C(c2ccc(OCCCO)cc2)O[C@@H]1c1ccccc1Br. The summed E-state index contributed by atoms with van der Waals surface area (Å²) in [5.74, 6) is 0.950. The van der Waals surface area contributed by atoms with Gasteiger partial charge >= 0.3 is 0 Å². The standard InChI is InChI=1S/C30H32Br2N2O4/c1-2-3-17-33-29(36)30(20-21-9-13-23(31)14-10-21)27(25-7-4-5-8-26(25)32)38-28(34-30)22-11-15-24(16-12-22)37-19-6-18-35/h4-5,7-16,27,35H,2-3,6,17-20H2,1H3,(H,33,36)/t27-,30-/m1/s1. The monoisotopic (exact) mass is 642 g/mol. The molecule has 3 aromatic carbocycles. The summed E-state index contributed by atoms with van der Waals surface area (Å²) >= 11 is 7.18. The van der Waals surface area contributed by atoms with Gasteiger partial charge in [-0.2, -0.15) is 0 Å². The highest BCUT2D eigenvalue weighted by Gasteiger charge is 2.53. The molecule has 0 aromatic heterocycles. The Balaban J connectivity index is 1.77. The predicted molar refractivity (Wildman–Crippen MR) is 157 cm³/mol. The topological polar surface area (TPSA) is 80.2 Å². The fourth-order valence-electron chi connectivity index (χ4n) is 4.39. The van der Waals surface area contributed by atoms with Gasteiger partial charge < -0.3 is 19.9 Å². The van der Waals surface area contributed by atoms with Crippen molar-refractivity contribution >= 4 is 43.7 Å². The van der Waals surface area contributed by atoms with Gasteiger partial charge in [-0.25, -0.2) is 4.99 Å². The van der Waals surface area contributed by atoms with Gasteiger partial charge in [0.05, 0.1) is 6.61 Å². The molecule has 0 radical (unpaired) electrons. The van der Waals surface area contributed by atoms with Crippen LogP contribution in [0, 0.1) is 0 Å². The maximum Gasteiger partial charge on any atom is 0.252 e. The molecule has 2 N–H and O–H groups in total. The van der Waals surface area contributed by atoms with Gasteiger partial charge in [0.15, 0.2) is 11.6 Å². The Hall–Kier alpha value is -2.68. The summed E-state index contributed by atoms with van der Waals surface area (Å²) in [5.41, 5.74) is 1.39. The number of rotatable bonds is 12. The smallest absolute Gasteiger partial charge is 0.252 e. The molecule has 6 nitrogen and oxygen atoms in total. The zero-order valence-electron chi connectivity index (χ0n) is 21.3. The van der Waals surface area contributed by atoms with Gasteiger partial charge in [-0.05, 0) is 54.4 Å². The number of aliphatic hydroxyl groups is 1. The minimum atomic E-state index is -1.21. The van der Waals surface area contributed by atoms with Crippen LogP contribution in [0.2, 0.25) is 0 Å². The molecule has 1 aliphatic heterocycles. The molecule has 0 fully saturated rings. The quantitative estimate of drug-likeness (QED) is 0.224. The Morgan fingerprint density at radius 3 is 2.47 bits per heavy atom. The van der Waals surface area contributed by atoms with E-state index in [1.54, 1.807) is 0 Å². The number of ether oxygens (including phenoxy) is 2. The number of nitrogens with zero attached hydrogens (tertiary/aromatic N) is 1. The van der Waals surface area contributed by atoms with Gasteiger partial charge in [0.1, 0.15) is 5.75 Å². The van der Waals surface area contributed by atoms with Crippen molar-refractivity contribution in [1.82, 2.24) is 5.32 Å². The third-order valence-corrected chi connectivity index (χ3v) is 7.67. The molecule has 0 saturated heterocycles. The van der Waals surface area contributed by atoms with Gasteiger partial charge in [0, 0.05) is 46.1 Å². The lowest BCUT2D eigenvalue weighted by molar-refractivity contribution is -0.128. The summed E-state index contributed by atoms with van der Waals surface area (Å²) in [5, 5.41) is 12.1. The molecule has 0 bridgehead atoms. The molecular formula is C30H32Br2N2O4. The van der Waals surface area contributed by atoms with E-state index >= 15 is 0 Å². The van der Waals surface area contributed by atoms with E-state index in [0.29, 0.717) is 37.6 Å². The number of hydrogen-bond acceptors (Lipinski definition) is 5.